The maximum atomic E-state index is 10.6. The number of fused-ring (bicyclic) bond motifs is 1. The first-order valence-electron chi connectivity index (χ1n) is 6.89. The summed E-state index contributed by atoms with van der Waals surface area (Å²) in [6.45, 7) is 0. The summed E-state index contributed by atoms with van der Waals surface area (Å²) in [5.41, 5.74) is 5.14. The average Bonchev–Trinajstić information content (AvgIpc) is 3.03. The van der Waals surface area contributed by atoms with Gasteiger partial charge >= 0.3 is 0 Å². The number of hydrogen-bond donors (Lipinski definition) is 3. The molecule has 0 aliphatic heterocycles. The van der Waals surface area contributed by atoms with Crippen LogP contribution in [-0.2, 0) is 0 Å². The van der Waals surface area contributed by atoms with Crippen LogP contribution in [0, 0.1) is 10.1 Å². The molecule has 0 bridgehead atoms. The predicted molar refractivity (Wildman–Crippen MR) is 96.1 cm³/mol. The van der Waals surface area contributed by atoms with E-state index in [0.717, 1.165) is 22.2 Å². The molecule has 2 aromatic carbocycles. The lowest BCUT2D eigenvalue weighted by atomic mass is 10.2. The number of anilines is 1. The zero-order valence-electron chi connectivity index (χ0n) is 12.3. The molecular weight excluding hydrogens is 328 g/mol. The second-order valence-electron chi connectivity index (χ2n) is 4.84. The van der Waals surface area contributed by atoms with Crippen LogP contribution in [0.4, 0.5) is 11.4 Å². The number of hydrogen-bond acceptors (Lipinski definition) is 5. The molecule has 9 heteroatoms. The van der Waals surface area contributed by atoms with Gasteiger partial charge in [-0.1, -0.05) is 0 Å². The number of aromatic nitrogens is 2. The van der Waals surface area contributed by atoms with Gasteiger partial charge in [0.15, 0.2) is 5.11 Å². The van der Waals surface area contributed by atoms with Crippen molar-refractivity contribution in [1.82, 2.24) is 15.6 Å². The minimum atomic E-state index is -0.450. The summed E-state index contributed by atoms with van der Waals surface area (Å²) in [4.78, 5) is 10.1. The Hall–Kier alpha value is -3.33. The number of H-pyrrole nitrogens is 1. The molecule has 24 heavy (non-hydrogen) atoms. The zero-order valence-corrected chi connectivity index (χ0v) is 13.1. The van der Waals surface area contributed by atoms with Crippen molar-refractivity contribution >= 4 is 45.8 Å². The van der Waals surface area contributed by atoms with Crippen LogP contribution in [-0.4, -0.2) is 26.4 Å². The van der Waals surface area contributed by atoms with Gasteiger partial charge in [-0.3, -0.25) is 20.6 Å². The Balaban J connectivity index is 1.57. The van der Waals surface area contributed by atoms with Crippen LogP contribution in [0.15, 0.2) is 53.8 Å². The summed E-state index contributed by atoms with van der Waals surface area (Å²) in [6, 6.07) is 11.7. The molecule has 0 amide bonds. The zero-order chi connectivity index (χ0) is 16.9. The van der Waals surface area contributed by atoms with Crippen molar-refractivity contribution < 1.29 is 4.92 Å². The van der Waals surface area contributed by atoms with Crippen molar-refractivity contribution in [2.24, 2.45) is 5.10 Å². The van der Waals surface area contributed by atoms with E-state index in [1.54, 1.807) is 18.3 Å². The van der Waals surface area contributed by atoms with E-state index < -0.39 is 4.92 Å². The number of nitro groups is 1. The molecule has 3 aromatic rings. The third-order valence-electron chi connectivity index (χ3n) is 3.18. The quantitative estimate of drug-likeness (QED) is 0.292. The second kappa shape index (κ2) is 6.84. The molecule has 0 saturated heterocycles. The summed E-state index contributed by atoms with van der Waals surface area (Å²) in [6.07, 6.45) is 3.26. The summed E-state index contributed by atoms with van der Waals surface area (Å²) < 4.78 is 0. The van der Waals surface area contributed by atoms with Gasteiger partial charge in [0.1, 0.15) is 0 Å². The number of nitrogens with one attached hydrogen (secondary N) is 3. The van der Waals surface area contributed by atoms with E-state index in [2.05, 4.69) is 26.0 Å². The molecule has 0 atom stereocenters. The van der Waals surface area contributed by atoms with Crippen molar-refractivity contribution in [3.63, 3.8) is 0 Å². The number of aromatic amines is 1. The lowest BCUT2D eigenvalue weighted by Crippen LogP contribution is -2.23. The van der Waals surface area contributed by atoms with Crippen molar-refractivity contribution in [3.05, 3.63) is 64.3 Å². The smallest absolute Gasteiger partial charge is 0.269 e. The lowest BCUT2D eigenvalue weighted by molar-refractivity contribution is -0.384. The highest BCUT2D eigenvalue weighted by Crippen LogP contribution is 2.16. The second-order valence-corrected chi connectivity index (χ2v) is 5.25. The number of benzene rings is 2. The molecule has 0 radical (unpaired) electrons. The van der Waals surface area contributed by atoms with Crippen LogP contribution in [0.3, 0.4) is 0 Å². The third kappa shape index (κ3) is 3.70. The fraction of sp³-hybridized carbons (Fsp3) is 0. The van der Waals surface area contributed by atoms with E-state index in [9.17, 15) is 10.1 Å². The fourth-order valence-electron chi connectivity index (χ4n) is 2.02. The first kappa shape index (κ1) is 15.6. The first-order chi connectivity index (χ1) is 11.6. The highest BCUT2D eigenvalue weighted by atomic mass is 32.1. The van der Waals surface area contributed by atoms with E-state index in [4.69, 9.17) is 12.2 Å². The molecule has 0 aliphatic rings. The van der Waals surface area contributed by atoms with Gasteiger partial charge in [0.2, 0.25) is 0 Å². The summed E-state index contributed by atoms with van der Waals surface area (Å²) >= 11 is 5.16. The molecule has 0 saturated carbocycles. The monoisotopic (exact) mass is 340 g/mol. The van der Waals surface area contributed by atoms with Crippen LogP contribution in [0.25, 0.3) is 10.9 Å². The molecule has 1 heterocycles. The van der Waals surface area contributed by atoms with Gasteiger partial charge < -0.3 is 5.32 Å². The highest BCUT2D eigenvalue weighted by molar-refractivity contribution is 7.80. The van der Waals surface area contributed by atoms with Crippen LogP contribution in [0.1, 0.15) is 5.56 Å². The molecule has 3 N–H and O–H groups in total. The Bertz CT molecular complexity index is 919. The minimum absolute atomic E-state index is 0.0338. The molecule has 120 valence electrons. The van der Waals surface area contributed by atoms with E-state index in [0.29, 0.717) is 5.11 Å². The minimum Gasteiger partial charge on any atom is -0.331 e. The SMILES string of the molecule is O=[N+]([O-])c1ccc(C=NNC(=S)Nc2ccc3cn[nH]c3c2)cc1. The molecule has 0 fully saturated rings. The van der Waals surface area contributed by atoms with Gasteiger partial charge in [0, 0.05) is 23.2 Å². The predicted octanol–water partition coefficient (Wildman–Crippen LogP) is 2.79. The molecule has 0 spiro atoms. The Morgan fingerprint density at radius 3 is 2.83 bits per heavy atom. The van der Waals surface area contributed by atoms with E-state index in [1.807, 2.05) is 18.2 Å². The normalized spacial score (nSPS) is 10.8. The maximum absolute atomic E-state index is 10.6. The number of rotatable bonds is 4. The van der Waals surface area contributed by atoms with Gasteiger partial charge in [-0.25, -0.2) is 0 Å². The van der Waals surface area contributed by atoms with Crippen molar-refractivity contribution in [2.75, 3.05) is 5.32 Å². The lowest BCUT2D eigenvalue weighted by Gasteiger charge is -2.06. The molecule has 3 rings (SSSR count). The number of nitrogens with zero attached hydrogens (tertiary/aromatic N) is 3. The van der Waals surface area contributed by atoms with Gasteiger partial charge in [-0.15, -0.1) is 0 Å². The van der Waals surface area contributed by atoms with E-state index in [-0.39, 0.29) is 5.69 Å². The molecule has 1 aromatic heterocycles. The van der Waals surface area contributed by atoms with Crippen LogP contribution >= 0.6 is 12.2 Å². The Morgan fingerprint density at radius 1 is 1.29 bits per heavy atom. The topological polar surface area (TPSA) is 108 Å². The summed E-state index contributed by atoms with van der Waals surface area (Å²) in [5.74, 6) is 0. The van der Waals surface area contributed by atoms with Gasteiger partial charge in [-0.05, 0) is 48.1 Å². The van der Waals surface area contributed by atoms with Crippen molar-refractivity contribution in [3.8, 4) is 0 Å². The largest absolute Gasteiger partial charge is 0.331 e. The average molecular weight is 340 g/mol. The van der Waals surface area contributed by atoms with Crippen molar-refractivity contribution in [2.45, 2.75) is 0 Å². The first-order valence-corrected chi connectivity index (χ1v) is 7.30. The Morgan fingerprint density at radius 2 is 2.08 bits per heavy atom. The maximum Gasteiger partial charge on any atom is 0.269 e. The Kier molecular flexibility index (Phi) is 4.43. The van der Waals surface area contributed by atoms with Gasteiger partial charge in [0.05, 0.1) is 22.9 Å². The van der Waals surface area contributed by atoms with Crippen LogP contribution in [0.2, 0.25) is 0 Å². The summed E-state index contributed by atoms with van der Waals surface area (Å²) in [7, 11) is 0. The number of thiocarbonyl (C=S) groups is 1. The van der Waals surface area contributed by atoms with Crippen LogP contribution in [0.5, 0.6) is 0 Å². The molecule has 0 unspecified atom stereocenters. The van der Waals surface area contributed by atoms with Gasteiger partial charge in [-0.2, -0.15) is 10.2 Å². The highest BCUT2D eigenvalue weighted by Gasteiger charge is 2.03. The molecule has 8 nitrogen and oxygen atoms in total. The third-order valence-corrected chi connectivity index (χ3v) is 3.38. The summed E-state index contributed by atoms with van der Waals surface area (Å²) in [5, 5.41) is 25.8. The number of non-ortho nitro benzene ring substituents is 1. The van der Waals surface area contributed by atoms with E-state index >= 15 is 0 Å². The standard InChI is InChI=1S/C15H12N6O2S/c22-21(23)13-5-1-10(2-6-13)8-16-20-15(24)18-12-4-3-11-9-17-19-14(11)7-12/h1-9H,(H,17,19)(H2,18,20,24). The Labute approximate surface area is 141 Å². The fourth-order valence-corrected chi connectivity index (χ4v) is 2.19. The number of hydrazone groups is 1. The van der Waals surface area contributed by atoms with E-state index in [1.165, 1.54) is 18.3 Å². The molecule has 0 aliphatic carbocycles. The number of nitro benzene ring substituents is 1. The van der Waals surface area contributed by atoms with Crippen LogP contribution < -0.4 is 10.7 Å². The van der Waals surface area contributed by atoms with Crippen molar-refractivity contribution in [1.29, 1.82) is 0 Å². The van der Waals surface area contributed by atoms with Gasteiger partial charge in [0.25, 0.3) is 5.69 Å². The molecular formula is C15H12N6O2S.